The molecule has 122 valence electrons. The number of nitrogens with zero attached hydrogens (tertiary/aromatic N) is 1. The molecule has 1 heterocycles. The van der Waals surface area contributed by atoms with E-state index in [0.29, 0.717) is 11.9 Å². The molecule has 1 amide bonds. The van der Waals surface area contributed by atoms with E-state index in [0.717, 1.165) is 44.3 Å². The highest BCUT2D eigenvalue weighted by atomic mass is 16.2. The van der Waals surface area contributed by atoms with Crippen molar-refractivity contribution in [1.82, 2.24) is 10.2 Å². The highest BCUT2D eigenvalue weighted by molar-refractivity contribution is 5.76. The molecule has 0 radical (unpaired) electrons. The van der Waals surface area contributed by atoms with Crippen LogP contribution in [0, 0.1) is 11.8 Å². The van der Waals surface area contributed by atoms with Gasteiger partial charge in [-0.15, -0.1) is 0 Å². The molecule has 2 aliphatic rings. The summed E-state index contributed by atoms with van der Waals surface area (Å²) >= 11 is 0. The molecule has 1 saturated carbocycles. The van der Waals surface area contributed by atoms with Gasteiger partial charge in [-0.3, -0.25) is 4.79 Å². The van der Waals surface area contributed by atoms with Gasteiger partial charge in [-0.05, 0) is 50.5 Å². The molecular formula is C18H34N2O. The maximum Gasteiger partial charge on any atom is 0.222 e. The molecule has 3 heteroatoms. The van der Waals surface area contributed by atoms with Crippen LogP contribution >= 0.6 is 0 Å². The largest absolute Gasteiger partial charge is 0.343 e. The van der Waals surface area contributed by atoms with Gasteiger partial charge in [-0.25, -0.2) is 0 Å². The second-order valence-electron chi connectivity index (χ2n) is 7.01. The molecule has 2 rings (SSSR count). The summed E-state index contributed by atoms with van der Waals surface area (Å²) in [4.78, 5) is 14.5. The lowest BCUT2D eigenvalue weighted by atomic mass is 9.96. The van der Waals surface area contributed by atoms with Gasteiger partial charge in [0, 0.05) is 25.6 Å². The Morgan fingerprint density at radius 3 is 2.76 bits per heavy atom. The Morgan fingerprint density at radius 2 is 2.00 bits per heavy atom. The van der Waals surface area contributed by atoms with Crippen LogP contribution in [0.1, 0.15) is 71.6 Å². The highest BCUT2D eigenvalue weighted by Crippen LogP contribution is 2.29. The average Bonchev–Trinajstić information content (AvgIpc) is 2.84. The minimum Gasteiger partial charge on any atom is -0.343 e. The molecule has 1 saturated heterocycles. The summed E-state index contributed by atoms with van der Waals surface area (Å²) in [6, 6.07) is 0.699. The number of nitrogens with one attached hydrogen (secondary N) is 1. The first-order valence-corrected chi connectivity index (χ1v) is 9.25. The van der Waals surface area contributed by atoms with E-state index in [9.17, 15) is 4.79 Å². The molecule has 1 aliphatic heterocycles. The van der Waals surface area contributed by atoms with Gasteiger partial charge in [0.25, 0.3) is 0 Å². The standard InChI is InChI=1S/C18H34N2O/c1-3-6-15-9-10-18(21)20(13-11-15)14-12-16-7-5-8-17(16)19-4-2/h15-17,19H,3-14H2,1-2H3. The van der Waals surface area contributed by atoms with E-state index in [1.165, 1.54) is 44.9 Å². The fraction of sp³-hybridized carbons (Fsp3) is 0.944. The Kier molecular flexibility index (Phi) is 7.01. The van der Waals surface area contributed by atoms with Crippen LogP contribution in [0.25, 0.3) is 0 Å². The number of carbonyl (C=O) groups is 1. The summed E-state index contributed by atoms with van der Waals surface area (Å²) in [5, 5.41) is 3.63. The minimum atomic E-state index is 0.409. The number of amides is 1. The molecule has 0 spiro atoms. The van der Waals surface area contributed by atoms with Gasteiger partial charge in [0.05, 0.1) is 0 Å². The van der Waals surface area contributed by atoms with Gasteiger partial charge in [0.1, 0.15) is 0 Å². The predicted molar refractivity (Wildman–Crippen MR) is 88.3 cm³/mol. The van der Waals surface area contributed by atoms with Gasteiger partial charge in [-0.1, -0.05) is 33.1 Å². The van der Waals surface area contributed by atoms with Gasteiger partial charge >= 0.3 is 0 Å². The SMILES string of the molecule is CCCC1CCC(=O)N(CCC2CCCC2NCC)CC1. The van der Waals surface area contributed by atoms with Crippen LogP contribution in [0.15, 0.2) is 0 Å². The molecule has 0 aromatic heterocycles. The second-order valence-corrected chi connectivity index (χ2v) is 7.01. The van der Waals surface area contributed by atoms with Crippen molar-refractivity contribution in [3.8, 4) is 0 Å². The first-order valence-electron chi connectivity index (χ1n) is 9.25. The summed E-state index contributed by atoms with van der Waals surface area (Å²) in [6.07, 6.45) is 10.9. The summed E-state index contributed by atoms with van der Waals surface area (Å²) in [6.45, 7) is 7.52. The maximum absolute atomic E-state index is 12.3. The van der Waals surface area contributed by atoms with E-state index in [2.05, 4.69) is 24.1 Å². The molecular weight excluding hydrogens is 260 g/mol. The van der Waals surface area contributed by atoms with Crippen LogP contribution in [-0.4, -0.2) is 36.5 Å². The fourth-order valence-electron chi connectivity index (χ4n) is 4.26. The number of rotatable bonds is 7. The van der Waals surface area contributed by atoms with Crippen LogP contribution in [0.2, 0.25) is 0 Å². The number of hydrogen-bond acceptors (Lipinski definition) is 2. The summed E-state index contributed by atoms with van der Waals surface area (Å²) in [5.41, 5.74) is 0. The lowest BCUT2D eigenvalue weighted by molar-refractivity contribution is -0.130. The molecule has 0 aromatic rings. The minimum absolute atomic E-state index is 0.409. The normalized spacial score (nSPS) is 30.7. The summed E-state index contributed by atoms with van der Waals surface area (Å²) < 4.78 is 0. The van der Waals surface area contributed by atoms with Crippen LogP contribution < -0.4 is 5.32 Å². The molecule has 3 unspecified atom stereocenters. The van der Waals surface area contributed by atoms with Crippen LogP contribution in [0.5, 0.6) is 0 Å². The van der Waals surface area contributed by atoms with Crippen molar-refractivity contribution in [3.63, 3.8) is 0 Å². The molecule has 2 fully saturated rings. The topological polar surface area (TPSA) is 32.3 Å². The third kappa shape index (κ3) is 4.98. The molecule has 1 N–H and O–H groups in total. The van der Waals surface area contributed by atoms with E-state index in [-0.39, 0.29) is 0 Å². The van der Waals surface area contributed by atoms with Crippen molar-refractivity contribution in [2.45, 2.75) is 77.7 Å². The lowest BCUT2D eigenvalue weighted by Crippen LogP contribution is -2.36. The second kappa shape index (κ2) is 8.77. The van der Waals surface area contributed by atoms with E-state index in [1.807, 2.05) is 0 Å². The van der Waals surface area contributed by atoms with Gasteiger partial charge in [0.15, 0.2) is 0 Å². The quantitative estimate of drug-likeness (QED) is 0.778. The number of hydrogen-bond donors (Lipinski definition) is 1. The van der Waals surface area contributed by atoms with Gasteiger partial charge in [-0.2, -0.15) is 0 Å². The first-order chi connectivity index (χ1) is 10.2. The third-order valence-electron chi connectivity index (χ3n) is 5.52. The highest BCUT2D eigenvalue weighted by Gasteiger charge is 2.28. The van der Waals surface area contributed by atoms with E-state index in [4.69, 9.17) is 0 Å². The van der Waals surface area contributed by atoms with Crippen molar-refractivity contribution < 1.29 is 4.79 Å². The monoisotopic (exact) mass is 294 g/mol. The summed E-state index contributed by atoms with van der Waals surface area (Å²) in [5.74, 6) is 1.98. The molecule has 21 heavy (non-hydrogen) atoms. The lowest BCUT2D eigenvalue weighted by Gasteiger charge is -2.25. The maximum atomic E-state index is 12.3. The zero-order valence-corrected chi connectivity index (χ0v) is 14.1. The van der Waals surface area contributed by atoms with E-state index < -0.39 is 0 Å². The van der Waals surface area contributed by atoms with Crippen LogP contribution in [0.4, 0.5) is 0 Å². The number of carbonyl (C=O) groups excluding carboxylic acids is 1. The van der Waals surface area contributed by atoms with Crippen molar-refractivity contribution in [1.29, 1.82) is 0 Å². The zero-order chi connectivity index (χ0) is 15.1. The number of likely N-dealkylation sites (tertiary alicyclic amines) is 1. The van der Waals surface area contributed by atoms with Crippen LogP contribution in [-0.2, 0) is 4.79 Å². The average molecular weight is 294 g/mol. The molecule has 1 aliphatic carbocycles. The van der Waals surface area contributed by atoms with Gasteiger partial charge in [0.2, 0.25) is 5.91 Å². The Balaban J connectivity index is 1.77. The van der Waals surface area contributed by atoms with Crippen molar-refractivity contribution in [2.75, 3.05) is 19.6 Å². The van der Waals surface area contributed by atoms with Crippen molar-refractivity contribution >= 4 is 5.91 Å². The Labute approximate surface area is 130 Å². The Morgan fingerprint density at radius 1 is 1.14 bits per heavy atom. The molecule has 3 atom stereocenters. The molecule has 0 bridgehead atoms. The smallest absolute Gasteiger partial charge is 0.222 e. The predicted octanol–water partition coefficient (Wildman–Crippen LogP) is 3.58. The summed E-state index contributed by atoms with van der Waals surface area (Å²) in [7, 11) is 0. The third-order valence-corrected chi connectivity index (χ3v) is 5.52. The van der Waals surface area contributed by atoms with Crippen LogP contribution in [0.3, 0.4) is 0 Å². The van der Waals surface area contributed by atoms with Crippen molar-refractivity contribution in [3.05, 3.63) is 0 Å². The molecule has 3 nitrogen and oxygen atoms in total. The Hall–Kier alpha value is -0.570. The molecule has 0 aromatic carbocycles. The zero-order valence-electron chi connectivity index (χ0n) is 14.1. The van der Waals surface area contributed by atoms with E-state index >= 15 is 0 Å². The Bertz CT molecular complexity index is 318. The first kappa shape index (κ1) is 16.8. The van der Waals surface area contributed by atoms with E-state index in [1.54, 1.807) is 0 Å². The fourth-order valence-corrected chi connectivity index (χ4v) is 4.26. The van der Waals surface area contributed by atoms with Gasteiger partial charge < -0.3 is 10.2 Å². The van der Waals surface area contributed by atoms with Crippen molar-refractivity contribution in [2.24, 2.45) is 11.8 Å².